The average molecular weight is 352 g/mol. The van der Waals surface area contributed by atoms with Crippen molar-refractivity contribution in [1.82, 2.24) is 0 Å². The quantitative estimate of drug-likeness (QED) is 0.831. The van der Waals surface area contributed by atoms with Gasteiger partial charge in [-0.15, -0.1) is 0 Å². The van der Waals surface area contributed by atoms with Gasteiger partial charge in [-0.05, 0) is 36.4 Å². The molecular weight excluding hydrogens is 337 g/mol. The third-order valence-corrected chi connectivity index (χ3v) is 3.38. The van der Waals surface area contributed by atoms with Crippen molar-refractivity contribution in [3.8, 4) is 0 Å². The Morgan fingerprint density at radius 2 is 2.10 bits per heavy atom. The molecule has 21 heavy (non-hydrogen) atoms. The molecule has 110 valence electrons. The van der Waals surface area contributed by atoms with Crippen molar-refractivity contribution < 1.29 is 9.18 Å². The Morgan fingerprint density at radius 1 is 1.33 bits per heavy atom. The largest absolute Gasteiger partial charge is 0.397 e. The van der Waals surface area contributed by atoms with Gasteiger partial charge in [0.25, 0.3) is 0 Å². The standard InChI is InChI=1S/C15H15BrFN3O/c1-20(14-6-5-10(16)7-13(14)18)9-15(21)19-12-4-2-3-11(17)8-12/h2-8H,9,18H2,1H3,(H,19,21). The highest BCUT2D eigenvalue weighted by Gasteiger charge is 2.10. The molecule has 2 aromatic rings. The zero-order chi connectivity index (χ0) is 15.4. The van der Waals surface area contributed by atoms with E-state index in [0.29, 0.717) is 11.4 Å². The van der Waals surface area contributed by atoms with Crippen LogP contribution in [0.25, 0.3) is 0 Å². The summed E-state index contributed by atoms with van der Waals surface area (Å²) < 4.78 is 13.9. The molecule has 0 aliphatic heterocycles. The van der Waals surface area contributed by atoms with Crippen molar-refractivity contribution in [2.24, 2.45) is 0 Å². The van der Waals surface area contributed by atoms with Crippen molar-refractivity contribution >= 4 is 38.9 Å². The maximum Gasteiger partial charge on any atom is 0.243 e. The Balaban J connectivity index is 2.02. The summed E-state index contributed by atoms with van der Waals surface area (Å²) in [7, 11) is 1.77. The van der Waals surface area contributed by atoms with E-state index < -0.39 is 5.82 Å². The van der Waals surface area contributed by atoms with Crippen molar-refractivity contribution in [3.63, 3.8) is 0 Å². The van der Waals surface area contributed by atoms with Crippen molar-refractivity contribution in [2.45, 2.75) is 0 Å². The van der Waals surface area contributed by atoms with Gasteiger partial charge < -0.3 is 16.0 Å². The number of hydrogen-bond acceptors (Lipinski definition) is 3. The molecule has 1 amide bonds. The van der Waals surface area contributed by atoms with Gasteiger partial charge in [0.1, 0.15) is 5.82 Å². The maximum atomic E-state index is 13.1. The van der Waals surface area contributed by atoms with Crippen LogP contribution in [0, 0.1) is 5.82 Å². The number of rotatable bonds is 4. The zero-order valence-electron chi connectivity index (χ0n) is 11.4. The highest BCUT2D eigenvalue weighted by molar-refractivity contribution is 9.10. The van der Waals surface area contributed by atoms with Gasteiger partial charge in [-0.2, -0.15) is 0 Å². The number of nitrogens with two attached hydrogens (primary N) is 1. The van der Waals surface area contributed by atoms with Crippen LogP contribution in [0.5, 0.6) is 0 Å². The lowest BCUT2D eigenvalue weighted by Gasteiger charge is -2.20. The second-order valence-corrected chi connectivity index (χ2v) is 5.53. The molecule has 3 N–H and O–H groups in total. The van der Waals surface area contributed by atoms with Gasteiger partial charge in [0.05, 0.1) is 17.9 Å². The first-order valence-electron chi connectivity index (χ1n) is 6.27. The number of benzene rings is 2. The van der Waals surface area contributed by atoms with E-state index in [9.17, 15) is 9.18 Å². The summed E-state index contributed by atoms with van der Waals surface area (Å²) in [5.41, 5.74) is 7.68. The van der Waals surface area contributed by atoms with E-state index in [2.05, 4.69) is 21.2 Å². The second kappa shape index (κ2) is 6.58. The number of amides is 1. The Morgan fingerprint density at radius 3 is 2.76 bits per heavy atom. The third-order valence-electron chi connectivity index (χ3n) is 2.89. The molecule has 4 nitrogen and oxygen atoms in total. The molecule has 6 heteroatoms. The number of nitrogens with one attached hydrogen (secondary N) is 1. The highest BCUT2D eigenvalue weighted by atomic mass is 79.9. The molecule has 0 aliphatic rings. The SMILES string of the molecule is CN(CC(=O)Nc1cccc(F)c1)c1ccc(Br)cc1N. The summed E-state index contributed by atoms with van der Waals surface area (Å²) in [6.45, 7) is 0.113. The van der Waals surface area contributed by atoms with Crippen LogP contribution in [0.15, 0.2) is 46.9 Å². The van der Waals surface area contributed by atoms with Gasteiger partial charge >= 0.3 is 0 Å². The fourth-order valence-corrected chi connectivity index (χ4v) is 2.32. The van der Waals surface area contributed by atoms with Gasteiger partial charge in [0.2, 0.25) is 5.91 Å². The van der Waals surface area contributed by atoms with Gasteiger partial charge in [0.15, 0.2) is 0 Å². The molecule has 2 aromatic carbocycles. The van der Waals surface area contributed by atoms with Crippen LogP contribution >= 0.6 is 15.9 Å². The van der Waals surface area contributed by atoms with Crippen molar-refractivity contribution in [1.29, 1.82) is 0 Å². The average Bonchev–Trinajstić information content (AvgIpc) is 2.38. The lowest BCUT2D eigenvalue weighted by molar-refractivity contribution is -0.114. The van der Waals surface area contributed by atoms with E-state index in [-0.39, 0.29) is 12.5 Å². The number of carbonyl (C=O) groups excluding carboxylic acids is 1. The number of halogens is 2. The summed E-state index contributed by atoms with van der Waals surface area (Å²) >= 11 is 3.33. The summed E-state index contributed by atoms with van der Waals surface area (Å²) in [5, 5.41) is 2.64. The maximum absolute atomic E-state index is 13.1. The van der Waals surface area contributed by atoms with E-state index in [4.69, 9.17) is 5.73 Å². The minimum absolute atomic E-state index is 0.113. The van der Waals surface area contributed by atoms with Crippen LogP contribution in [0.2, 0.25) is 0 Å². The van der Waals surface area contributed by atoms with Gasteiger partial charge in [-0.3, -0.25) is 4.79 Å². The number of nitrogens with zero attached hydrogens (tertiary/aromatic N) is 1. The third kappa shape index (κ3) is 4.19. The molecule has 0 aliphatic carbocycles. The predicted molar refractivity (Wildman–Crippen MR) is 86.9 cm³/mol. The fourth-order valence-electron chi connectivity index (χ4n) is 1.94. The molecule has 0 fully saturated rings. The summed E-state index contributed by atoms with van der Waals surface area (Å²) in [5.74, 6) is -0.635. The molecule has 0 spiro atoms. The van der Waals surface area contributed by atoms with E-state index in [1.807, 2.05) is 12.1 Å². The molecule has 2 rings (SSSR count). The summed E-state index contributed by atoms with van der Waals surface area (Å²) in [6, 6.07) is 11.2. The van der Waals surface area contributed by atoms with E-state index in [1.165, 1.54) is 12.1 Å². The molecule has 0 bridgehead atoms. The number of carbonyl (C=O) groups is 1. The Kier molecular flexibility index (Phi) is 4.80. The zero-order valence-corrected chi connectivity index (χ0v) is 13.0. The highest BCUT2D eigenvalue weighted by Crippen LogP contribution is 2.25. The molecule has 0 heterocycles. The van der Waals surface area contributed by atoms with E-state index in [1.54, 1.807) is 30.1 Å². The predicted octanol–water partition coefficient (Wildman–Crippen LogP) is 3.25. The van der Waals surface area contributed by atoms with Crippen LogP contribution in [0.4, 0.5) is 21.5 Å². The van der Waals surface area contributed by atoms with Crippen LogP contribution in [0.1, 0.15) is 0 Å². The van der Waals surface area contributed by atoms with Crippen LogP contribution in [-0.2, 0) is 4.79 Å². The minimum atomic E-state index is -0.390. The van der Waals surface area contributed by atoms with Gasteiger partial charge in [-0.1, -0.05) is 22.0 Å². The first-order chi connectivity index (χ1) is 9.95. The molecule has 0 radical (unpaired) electrons. The summed E-state index contributed by atoms with van der Waals surface area (Å²) in [4.78, 5) is 13.7. The van der Waals surface area contributed by atoms with Gasteiger partial charge in [-0.25, -0.2) is 4.39 Å². The molecular formula is C15H15BrFN3O. The normalized spacial score (nSPS) is 10.2. The molecule has 0 saturated heterocycles. The van der Waals surface area contributed by atoms with Crippen LogP contribution in [-0.4, -0.2) is 19.5 Å². The Labute approximate surface area is 130 Å². The Hall–Kier alpha value is -2.08. The smallest absolute Gasteiger partial charge is 0.243 e. The molecule has 0 atom stereocenters. The van der Waals surface area contributed by atoms with E-state index in [0.717, 1.165) is 10.2 Å². The summed E-state index contributed by atoms with van der Waals surface area (Å²) in [6.07, 6.45) is 0. The minimum Gasteiger partial charge on any atom is -0.397 e. The fraction of sp³-hybridized carbons (Fsp3) is 0.133. The lowest BCUT2D eigenvalue weighted by Crippen LogP contribution is -2.30. The Bertz CT molecular complexity index is 663. The number of likely N-dealkylation sites (N-methyl/N-ethyl adjacent to an activating group) is 1. The first-order valence-corrected chi connectivity index (χ1v) is 7.06. The number of hydrogen-bond donors (Lipinski definition) is 2. The molecule has 0 saturated carbocycles. The number of nitrogen functional groups attached to an aromatic ring is 1. The van der Waals surface area contributed by atoms with E-state index >= 15 is 0 Å². The van der Waals surface area contributed by atoms with Crippen molar-refractivity contribution in [3.05, 3.63) is 52.8 Å². The molecule has 0 aromatic heterocycles. The van der Waals surface area contributed by atoms with Crippen LogP contribution < -0.4 is 16.0 Å². The molecule has 0 unspecified atom stereocenters. The monoisotopic (exact) mass is 351 g/mol. The van der Waals surface area contributed by atoms with Crippen molar-refractivity contribution in [2.75, 3.05) is 29.5 Å². The van der Waals surface area contributed by atoms with Gasteiger partial charge in [0, 0.05) is 17.2 Å². The first kappa shape index (κ1) is 15.3. The second-order valence-electron chi connectivity index (χ2n) is 4.62. The van der Waals surface area contributed by atoms with Crippen LogP contribution in [0.3, 0.4) is 0 Å². The lowest BCUT2D eigenvalue weighted by atomic mass is 10.2. The topological polar surface area (TPSA) is 58.4 Å². The number of anilines is 3.